The van der Waals surface area contributed by atoms with Gasteiger partial charge in [0.25, 0.3) is 0 Å². The lowest BCUT2D eigenvalue weighted by atomic mass is 9.83. The van der Waals surface area contributed by atoms with Gasteiger partial charge in [-0.2, -0.15) is 0 Å². The smallest absolute Gasteiger partial charge is 0.328 e. The number of methoxy groups -OCH3 is 1. The van der Waals surface area contributed by atoms with Crippen molar-refractivity contribution in [3.8, 4) is 11.5 Å². The summed E-state index contributed by atoms with van der Waals surface area (Å²) < 4.78 is 11.3. The molecule has 0 atom stereocenters. The van der Waals surface area contributed by atoms with Crippen LogP contribution in [-0.2, 0) is 4.79 Å². The van der Waals surface area contributed by atoms with E-state index >= 15 is 0 Å². The zero-order valence-corrected chi connectivity index (χ0v) is 16.3. The summed E-state index contributed by atoms with van der Waals surface area (Å²) in [4.78, 5) is 11.3. The number of benzene rings is 2. The molecule has 3 rings (SSSR count). The number of fused-ring (bicyclic) bond motifs is 1. The fourth-order valence-corrected chi connectivity index (χ4v) is 3.05. The topological polar surface area (TPSA) is 55.8 Å². The fourth-order valence-electron chi connectivity index (χ4n) is 3.05. The first kappa shape index (κ1) is 19.5. The predicted molar refractivity (Wildman–Crippen MR) is 111 cm³/mol. The molecule has 0 fully saturated rings. The van der Waals surface area contributed by atoms with E-state index in [1.165, 1.54) is 6.08 Å². The normalized spacial score (nSPS) is 16.0. The molecular formula is C24H24O4. The number of ether oxygens (including phenoxy) is 2. The molecule has 1 aliphatic rings. The van der Waals surface area contributed by atoms with Gasteiger partial charge in [0, 0.05) is 17.1 Å². The predicted octanol–water partition coefficient (Wildman–Crippen LogP) is 5.22. The van der Waals surface area contributed by atoms with Crippen molar-refractivity contribution in [2.75, 3.05) is 13.7 Å². The van der Waals surface area contributed by atoms with Gasteiger partial charge in [0.15, 0.2) is 0 Å². The lowest BCUT2D eigenvalue weighted by Crippen LogP contribution is -2.21. The van der Waals surface area contributed by atoms with E-state index in [9.17, 15) is 9.90 Å². The third-order valence-corrected chi connectivity index (χ3v) is 4.73. The molecule has 28 heavy (non-hydrogen) atoms. The van der Waals surface area contributed by atoms with Crippen molar-refractivity contribution in [1.82, 2.24) is 0 Å². The van der Waals surface area contributed by atoms with Gasteiger partial charge >= 0.3 is 5.97 Å². The van der Waals surface area contributed by atoms with E-state index in [0.29, 0.717) is 12.2 Å². The Bertz CT molecular complexity index is 950. The first-order valence-corrected chi connectivity index (χ1v) is 9.10. The van der Waals surface area contributed by atoms with Gasteiger partial charge in [-0.25, -0.2) is 4.79 Å². The van der Waals surface area contributed by atoms with E-state index in [1.54, 1.807) is 7.11 Å². The molecule has 0 bridgehead atoms. The van der Waals surface area contributed by atoms with Crippen LogP contribution >= 0.6 is 0 Å². The molecule has 1 aliphatic heterocycles. The maximum atomic E-state index is 11.3. The Morgan fingerprint density at radius 3 is 2.61 bits per heavy atom. The third-order valence-electron chi connectivity index (χ3n) is 4.73. The number of carboxylic acid groups (broad SMARTS) is 1. The van der Waals surface area contributed by atoms with Crippen LogP contribution in [0.2, 0.25) is 0 Å². The van der Waals surface area contributed by atoms with Crippen molar-refractivity contribution >= 4 is 17.6 Å². The van der Waals surface area contributed by atoms with Crippen LogP contribution in [0.1, 0.15) is 25.0 Å². The second-order valence-corrected chi connectivity index (χ2v) is 7.31. The summed E-state index contributed by atoms with van der Waals surface area (Å²) in [5.41, 5.74) is 3.24. The van der Waals surface area contributed by atoms with E-state index in [4.69, 9.17) is 9.47 Å². The second kappa shape index (κ2) is 8.17. The van der Waals surface area contributed by atoms with Gasteiger partial charge in [-0.1, -0.05) is 56.3 Å². The molecule has 1 heterocycles. The molecule has 0 aromatic heterocycles. The van der Waals surface area contributed by atoms with Crippen molar-refractivity contribution in [2.24, 2.45) is 5.41 Å². The molecule has 0 unspecified atom stereocenters. The van der Waals surface area contributed by atoms with Crippen LogP contribution in [0.3, 0.4) is 0 Å². The maximum Gasteiger partial charge on any atom is 0.328 e. The Balaban J connectivity index is 2.03. The standard InChI is InChI=1S/C24H24O4/c1-24(2)16-28-22-12-11-21(27-3)14-19(22)13-20(24)10-9-18(15-23(25)26)17-7-5-4-6-8-17/h4-15H,16H2,1-3H3,(H,25,26)/b10-9+,18-15+. The highest BCUT2D eigenvalue weighted by atomic mass is 16.5. The summed E-state index contributed by atoms with van der Waals surface area (Å²) in [6.45, 7) is 4.73. The number of hydrogen-bond donors (Lipinski definition) is 1. The number of rotatable bonds is 5. The highest BCUT2D eigenvalue weighted by Crippen LogP contribution is 2.38. The molecule has 4 heteroatoms. The Morgan fingerprint density at radius 2 is 1.93 bits per heavy atom. The molecule has 2 aromatic rings. The van der Waals surface area contributed by atoms with Crippen molar-refractivity contribution in [2.45, 2.75) is 13.8 Å². The molecule has 0 aliphatic carbocycles. The van der Waals surface area contributed by atoms with Gasteiger partial charge < -0.3 is 14.6 Å². The molecule has 1 N–H and O–H groups in total. The van der Waals surface area contributed by atoms with Crippen molar-refractivity contribution in [3.05, 3.63) is 83.5 Å². The van der Waals surface area contributed by atoms with E-state index in [1.807, 2.05) is 60.7 Å². The Kier molecular flexibility index (Phi) is 5.69. The summed E-state index contributed by atoms with van der Waals surface area (Å²) >= 11 is 0. The first-order valence-electron chi connectivity index (χ1n) is 9.10. The van der Waals surface area contributed by atoms with Gasteiger partial charge in [0.2, 0.25) is 0 Å². The van der Waals surface area contributed by atoms with Crippen molar-refractivity contribution in [1.29, 1.82) is 0 Å². The summed E-state index contributed by atoms with van der Waals surface area (Å²) in [5.74, 6) is 0.593. The van der Waals surface area contributed by atoms with Crippen LogP contribution in [0.25, 0.3) is 11.6 Å². The molecule has 144 valence electrons. The lowest BCUT2D eigenvalue weighted by molar-refractivity contribution is -0.131. The van der Waals surface area contributed by atoms with E-state index in [-0.39, 0.29) is 5.41 Å². The minimum atomic E-state index is -0.976. The monoisotopic (exact) mass is 376 g/mol. The molecule has 2 aromatic carbocycles. The summed E-state index contributed by atoms with van der Waals surface area (Å²) in [6, 6.07) is 15.2. The van der Waals surface area contributed by atoms with E-state index < -0.39 is 5.97 Å². The van der Waals surface area contributed by atoms with Crippen LogP contribution in [0.4, 0.5) is 0 Å². The van der Waals surface area contributed by atoms with E-state index in [0.717, 1.165) is 28.2 Å². The average Bonchev–Trinajstić information content (AvgIpc) is 2.81. The number of hydrogen-bond acceptors (Lipinski definition) is 3. The van der Waals surface area contributed by atoms with Gasteiger partial charge in [0.1, 0.15) is 11.5 Å². The molecule has 4 nitrogen and oxygen atoms in total. The third kappa shape index (κ3) is 4.52. The zero-order chi connectivity index (χ0) is 20.1. The van der Waals surface area contributed by atoms with Crippen LogP contribution in [-0.4, -0.2) is 24.8 Å². The number of aliphatic carboxylic acids is 1. The fraction of sp³-hybridized carbons (Fsp3) is 0.208. The van der Waals surface area contributed by atoms with Crippen molar-refractivity contribution < 1.29 is 19.4 Å². The van der Waals surface area contributed by atoms with Crippen LogP contribution in [0.15, 0.2) is 72.3 Å². The van der Waals surface area contributed by atoms with Crippen LogP contribution in [0, 0.1) is 5.41 Å². The van der Waals surface area contributed by atoms with Crippen molar-refractivity contribution in [3.63, 3.8) is 0 Å². The van der Waals surface area contributed by atoms with Gasteiger partial charge in [-0.05, 0) is 41.0 Å². The van der Waals surface area contributed by atoms with Crippen LogP contribution in [0.5, 0.6) is 11.5 Å². The minimum absolute atomic E-state index is 0.242. The van der Waals surface area contributed by atoms with Gasteiger partial charge in [-0.15, -0.1) is 0 Å². The summed E-state index contributed by atoms with van der Waals surface area (Å²) in [7, 11) is 1.64. The van der Waals surface area contributed by atoms with E-state index in [2.05, 4.69) is 19.9 Å². The molecule has 0 saturated heterocycles. The molecule has 0 amide bonds. The molecule has 0 spiro atoms. The highest BCUT2D eigenvalue weighted by molar-refractivity contribution is 5.93. The molecular weight excluding hydrogens is 352 g/mol. The number of allylic oxidation sites excluding steroid dienone is 3. The number of carbonyl (C=O) groups is 1. The van der Waals surface area contributed by atoms with Gasteiger partial charge in [0.05, 0.1) is 13.7 Å². The Morgan fingerprint density at radius 1 is 1.18 bits per heavy atom. The van der Waals surface area contributed by atoms with Crippen LogP contribution < -0.4 is 9.47 Å². The zero-order valence-electron chi connectivity index (χ0n) is 16.3. The Labute approximate surface area is 165 Å². The summed E-state index contributed by atoms with van der Waals surface area (Å²) in [6.07, 6.45) is 7.12. The number of carboxylic acids is 1. The minimum Gasteiger partial charge on any atom is -0.497 e. The highest BCUT2D eigenvalue weighted by Gasteiger charge is 2.26. The molecule has 0 radical (unpaired) electrons. The second-order valence-electron chi connectivity index (χ2n) is 7.31. The lowest BCUT2D eigenvalue weighted by Gasteiger charge is -2.24. The Hall–Kier alpha value is -3.27. The summed E-state index contributed by atoms with van der Waals surface area (Å²) in [5, 5.41) is 9.26. The van der Waals surface area contributed by atoms with Gasteiger partial charge in [-0.3, -0.25) is 0 Å². The average molecular weight is 376 g/mol. The maximum absolute atomic E-state index is 11.3. The quantitative estimate of drug-likeness (QED) is 0.574. The largest absolute Gasteiger partial charge is 0.497 e. The SMILES string of the molecule is COc1ccc2c(c1)C=C(/C=C/C(=C\C(=O)O)c1ccccc1)C(C)(C)CO2. The molecule has 0 saturated carbocycles. The first-order chi connectivity index (χ1) is 13.4.